The summed E-state index contributed by atoms with van der Waals surface area (Å²) in [6.45, 7) is 1.14. The van der Waals surface area contributed by atoms with E-state index in [1.165, 1.54) is 22.5 Å². The molecule has 1 aliphatic rings. The van der Waals surface area contributed by atoms with E-state index in [1.54, 1.807) is 18.2 Å². The van der Waals surface area contributed by atoms with E-state index in [4.69, 9.17) is 0 Å². The minimum atomic E-state index is -3.44. The Morgan fingerprint density at radius 2 is 1.72 bits per heavy atom. The first-order chi connectivity index (χ1) is 12.0. The summed E-state index contributed by atoms with van der Waals surface area (Å²) in [4.78, 5) is 12.5. The predicted molar refractivity (Wildman–Crippen MR) is 102 cm³/mol. The van der Waals surface area contributed by atoms with Crippen molar-refractivity contribution in [3.05, 3.63) is 70.2 Å². The van der Waals surface area contributed by atoms with E-state index < -0.39 is 10.0 Å². The summed E-state index contributed by atoms with van der Waals surface area (Å²) in [5, 5.41) is 0. The first-order valence-corrected chi connectivity index (χ1v) is 10.3. The third-order valence-electron chi connectivity index (χ3n) is 4.12. The highest BCUT2D eigenvalue weighted by Crippen LogP contribution is 2.21. The zero-order valence-corrected chi connectivity index (χ0v) is 16.0. The molecule has 2 aromatic carbocycles. The molecule has 4 nitrogen and oxygen atoms in total. The molecule has 0 atom stereocenters. The van der Waals surface area contributed by atoms with Crippen molar-refractivity contribution in [2.45, 2.75) is 17.7 Å². The maximum atomic E-state index is 12.5. The lowest BCUT2D eigenvalue weighted by Crippen LogP contribution is -2.27. The van der Waals surface area contributed by atoms with Gasteiger partial charge in [0.25, 0.3) is 0 Å². The summed E-state index contributed by atoms with van der Waals surface area (Å²) in [6, 6.07) is 13.8. The average molecular weight is 420 g/mol. The molecule has 2 aromatic rings. The highest BCUT2D eigenvalue weighted by Gasteiger charge is 2.26. The van der Waals surface area contributed by atoms with Crippen LogP contribution >= 0.6 is 15.9 Å². The number of allylic oxidation sites excluding steroid dienone is 1. The van der Waals surface area contributed by atoms with Crippen LogP contribution in [0, 0.1) is 0 Å². The van der Waals surface area contributed by atoms with Crippen LogP contribution in [0.25, 0.3) is 6.08 Å². The van der Waals surface area contributed by atoms with E-state index in [-0.39, 0.29) is 10.7 Å². The number of hydrogen-bond donors (Lipinski definition) is 0. The van der Waals surface area contributed by atoms with Crippen LogP contribution in [0.4, 0.5) is 0 Å². The zero-order chi connectivity index (χ0) is 17.9. The van der Waals surface area contributed by atoms with Gasteiger partial charge in [-0.1, -0.05) is 34.1 Å². The van der Waals surface area contributed by atoms with Crippen LogP contribution in [0.1, 0.15) is 28.8 Å². The van der Waals surface area contributed by atoms with Gasteiger partial charge in [0.15, 0.2) is 5.78 Å². The fourth-order valence-corrected chi connectivity index (χ4v) is 4.68. The van der Waals surface area contributed by atoms with Crippen LogP contribution in [-0.4, -0.2) is 31.6 Å². The van der Waals surface area contributed by atoms with Gasteiger partial charge in [0.1, 0.15) is 0 Å². The lowest BCUT2D eigenvalue weighted by atomic mass is 10.1. The summed E-state index contributed by atoms with van der Waals surface area (Å²) >= 11 is 3.39. The Balaban J connectivity index is 1.74. The summed E-state index contributed by atoms with van der Waals surface area (Å²) in [7, 11) is -3.44. The van der Waals surface area contributed by atoms with Gasteiger partial charge in [0.05, 0.1) is 4.90 Å². The van der Waals surface area contributed by atoms with Gasteiger partial charge in [-0.15, -0.1) is 0 Å². The van der Waals surface area contributed by atoms with Gasteiger partial charge in [-0.25, -0.2) is 8.42 Å². The van der Waals surface area contributed by atoms with Gasteiger partial charge in [0, 0.05) is 23.1 Å². The summed E-state index contributed by atoms with van der Waals surface area (Å²) in [5.41, 5.74) is 1.38. The predicted octanol–water partition coefficient (Wildman–Crippen LogP) is 4.13. The van der Waals surface area contributed by atoms with Gasteiger partial charge in [-0.05, 0) is 60.9 Å². The van der Waals surface area contributed by atoms with Crippen molar-refractivity contribution in [3.63, 3.8) is 0 Å². The van der Waals surface area contributed by atoms with Crippen molar-refractivity contribution < 1.29 is 13.2 Å². The molecule has 0 spiro atoms. The number of halogens is 1. The van der Waals surface area contributed by atoms with E-state index in [2.05, 4.69) is 15.9 Å². The Morgan fingerprint density at radius 1 is 1.04 bits per heavy atom. The van der Waals surface area contributed by atoms with Crippen LogP contribution in [0.5, 0.6) is 0 Å². The number of rotatable bonds is 5. The number of hydrogen-bond acceptors (Lipinski definition) is 3. The van der Waals surface area contributed by atoms with E-state index >= 15 is 0 Å². The first-order valence-electron chi connectivity index (χ1n) is 8.05. The Kier molecular flexibility index (Phi) is 5.51. The minimum absolute atomic E-state index is 0.162. The van der Waals surface area contributed by atoms with Gasteiger partial charge in [-0.2, -0.15) is 4.31 Å². The number of carbonyl (C=O) groups is 1. The fraction of sp³-hybridized carbons (Fsp3) is 0.211. The number of ketones is 1. The fourth-order valence-electron chi connectivity index (χ4n) is 2.75. The molecule has 6 heteroatoms. The maximum absolute atomic E-state index is 12.5. The standard InChI is InChI=1S/C19H18BrNO3S/c20-17-5-3-4-15(14-17)6-11-19(22)16-7-9-18(10-8-16)25(23,24)21-12-1-2-13-21/h3-11,14H,1-2,12-13H2. The molecule has 0 aliphatic carbocycles. The van der Waals surface area contributed by atoms with Crippen LogP contribution in [-0.2, 0) is 10.0 Å². The smallest absolute Gasteiger partial charge is 0.243 e. The lowest BCUT2D eigenvalue weighted by Gasteiger charge is -2.15. The first kappa shape index (κ1) is 18.0. The number of nitrogens with zero attached hydrogens (tertiary/aromatic N) is 1. The summed E-state index contributed by atoms with van der Waals surface area (Å²) in [5.74, 6) is -0.162. The van der Waals surface area contributed by atoms with Crippen molar-refractivity contribution in [2.24, 2.45) is 0 Å². The van der Waals surface area contributed by atoms with Crippen molar-refractivity contribution in [1.82, 2.24) is 4.31 Å². The Bertz CT molecular complexity index is 899. The Morgan fingerprint density at radius 3 is 2.36 bits per heavy atom. The largest absolute Gasteiger partial charge is 0.289 e. The number of carbonyl (C=O) groups excluding carboxylic acids is 1. The molecule has 1 saturated heterocycles. The topological polar surface area (TPSA) is 54.5 Å². The van der Waals surface area contributed by atoms with Crippen LogP contribution in [0.3, 0.4) is 0 Å². The van der Waals surface area contributed by atoms with Crippen molar-refractivity contribution >= 4 is 37.8 Å². The van der Waals surface area contributed by atoms with Crippen molar-refractivity contribution in [2.75, 3.05) is 13.1 Å². The quantitative estimate of drug-likeness (QED) is 0.540. The average Bonchev–Trinajstić information content (AvgIpc) is 3.15. The third-order valence-corrected chi connectivity index (χ3v) is 6.52. The molecule has 130 valence electrons. The minimum Gasteiger partial charge on any atom is -0.289 e. The molecule has 0 amide bonds. The van der Waals surface area contributed by atoms with Crippen LogP contribution in [0.2, 0.25) is 0 Å². The molecule has 0 aromatic heterocycles. The second kappa shape index (κ2) is 7.64. The van der Waals surface area contributed by atoms with E-state index in [0.717, 1.165) is 22.9 Å². The third kappa shape index (κ3) is 4.26. The molecule has 0 unspecified atom stereocenters. The van der Waals surface area contributed by atoms with Gasteiger partial charge < -0.3 is 0 Å². The summed E-state index contributed by atoms with van der Waals surface area (Å²) < 4.78 is 27.4. The zero-order valence-electron chi connectivity index (χ0n) is 13.6. The maximum Gasteiger partial charge on any atom is 0.243 e. The molecule has 1 fully saturated rings. The monoisotopic (exact) mass is 419 g/mol. The molecular formula is C19H18BrNO3S. The summed E-state index contributed by atoms with van der Waals surface area (Å²) in [6.07, 6.45) is 5.03. The molecule has 1 heterocycles. The second-order valence-electron chi connectivity index (χ2n) is 5.89. The normalized spacial score (nSPS) is 15.7. The van der Waals surface area contributed by atoms with Crippen LogP contribution in [0.15, 0.2) is 64.0 Å². The van der Waals surface area contributed by atoms with Crippen molar-refractivity contribution in [3.8, 4) is 0 Å². The SMILES string of the molecule is O=C(C=Cc1cccc(Br)c1)c1ccc(S(=O)(=O)N2CCCC2)cc1. The molecule has 0 saturated carbocycles. The highest BCUT2D eigenvalue weighted by atomic mass is 79.9. The van der Waals surface area contributed by atoms with Crippen LogP contribution < -0.4 is 0 Å². The molecule has 25 heavy (non-hydrogen) atoms. The number of benzene rings is 2. The van der Waals surface area contributed by atoms with E-state index in [0.29, 0.717) is 18.7 Å². The van der Waals surface area contributed by atoms with E-state index in [1.807, 2.05) is 24.3 Å². The van der Waals surface area contributed by atoms with E-state index in [9.17, 15) is 13.2 Å². The van der Waals surface area contributed by atoms with Gasteiger partial charge in [0.2, 0.25) is 10.0 Å². The molecule has 3 rings (SSSR count). The molecule has 0 bridgehead atoms. The lowest BCUT2D eigenvalue weighted by molar-refractivity contribution is 0.104. The highest BCUT2D eigenvalue weighted by molar-refractivity contribution is 9.10. The molecule has 1 aliphatic heterocycles. The number of sulfonamides is 1. The van der Waals surface area contributed by atoms with Crippen molar-refractivity contribution in [1.29, 1.82) is 0 Å². The second-order valence-corrected chi connectivity index (χ2v) is 8.74. The van der Waals surface area contributed by atoms with Gasteiger partial charge in [-0.3, -0.25) is 4.79 Å². The molecular weight excluding hydrogens is 402 g/mol. The molecule has 0 N–H and O–H groups in total. The Labute approximate surface area is 156 Å². The Hall–Kier alpha value is -1.76. The molecule has 0 radical (unpaired) electrons. The van der Waals surface area contributed by atoms with Gasteiger partial charge >= 0.3 is 0 Å².